The fraction of sp³-hybridized carbons (Fsp3) is 0.381. The molecule has 0 spiro atoms. The molecule has 1 aromatic carbocycles. The molecule has 0 saturated carbocycles. The van der Waals surface area contributed by atoms with E-state index in [0.29, 0.717) is 15.8 Å². The Morgan fingerprint density at radius 1 is 1.21 bits per heavy atom. The molecule has 2 atom stereocenters. The Morgan fingerprint density at radius 3 is 2.76 bits per heavy atom. The van der Waals surface area contributed by atoms with Crippen molar-refractivity contribution in [2.24, 2.45) is 0 Å². The highest BCUT2D eigenvalue weighted by Gasteiger charge is 2.27. The highest BCUT2D eigenvalue weighted by molar-refractivity contribution is 7.19. The Bertz CT molecular complexity index is 1100. The largest absolute Gasteiger partial charge is 0.435 e. The van der Waals surface area contributed by atoms with Crippen LogP contribution in [0.5, 0.6) is 5.75 Å². The molecule has 3 heterocycles. The lowest BCUT2D eigenvalue weighted by molar-refractivity contribution is -0.120. The molecule has 13 heteroatoms. The van der Waals surface area contributed by atoms with Crippen LogP contribution in [0.1, 0.15) is 18.0 Å². The lowest BCUT2D eigenvalue weighted by Crippen LogP contribution is -2.32. The standard InChI is InChI=1S/C21H24F2N8O2S/c1-30(2)17(13-5-3-6-15(11-13)33-19(22)23)18(32)26-21-29-28-20(34-21)25-14-8-10-31(12-14)16-7-4-9-24-27-16/h3-7,9,11,14,17,19H,8,10,12H2,1-2H3,(H,25,28)(H,26,29,32)/t14-,17+/m1/s1. The smallest absolute Gasteiger partial charge is 0.387 e. The molecule has 2 aromatic heterocycles. The van der Waals surface area contributed by atoms with E-state index < -0.39 is 12.7 Å². The molecule has 10 nitrogen and oxygen atoms in total. The van der Waals surface area contributed by atoms with Crippen LogP contribution in [0.3, 0.4) is 0 Å². The number of alkyl halides is 2. The predicted octanol–water partition coefficient (Wildman–Crippen LogP) is 2.86. The van der Waals surface area contributed by atoms with Crippen molar-refractivity contribution < 1.29 is 18.3 Å². The van der Waals surface area contributed by atoms with E-state index in [1.165, 1.54) is 23.5 Å². The second-order valence-corrected chi connectivity index (χ2v) is 8.85. The van der Waals surface area contributed by atoms with Crippen molar-refractivity contribution in [1.29, 1.82) is 0 Å². The van der Waals surface area contributed by atoms with E-state index in [1.54, 1.807) is 37.3 Å². The first kappa shape index (κ1) is 23.7. The number of nitrogens with zero attached hydrogens (tertiary/aromatic N) is 6. The van der Waals surface area contributed by atoms with E-state index in [0.717, 1.165) is 25.3 Å². The molecule has 1 amide bonds. The van der Waals surface area contributed by atoms with Gasteiger partial charge >= 0.3 is 6.61 Å². The van der Waals surface area contributed by atoms with Gasteiger partial charge in [-0.05, 0) is 50.3 Å². The number of likely N-dealkylation sites (N-methyl/N-ethyl adjacent to an activating group) is 1. The van der Waals surface area contributed by atoms with Gasteiger partial charge < -0.3 is 15.0 Å². The molecule has 4 rings (SSSR count). The van der Waals surface area contributed by atoms with Crippen LogP contribution in [0.4, 0.5) is 24.9 Å². The summed E-state index contributed by atoms with van der Waals surface area (Å²) < 4.78 is 29.6. The minimum Gasteiger partial charge on any atom is -0.435 e. The van der Waals surface area contributed by atoms with Crippen LogP contribution in [-0.2, 0) is 4.79 Å². The van der Waals surface area contributed by atoms with E-state index in [1.807, 2.05) is 12.1 Å². The van der Waals surface area contributed by atoms with Crippen molar-refractivity contribution >= 4 is 33.3 Å². The van der Waals surface area contributed by atoms with Gasteiger partial charge in [-0.2, -0.15) is 13.9 Å². The SMILES string of the molecule is CN(C)[C@H](C(=O)Nc1nnc(N[C@@H]2CCN(c3cccnn3)C2)s1)c1cccc(OC(F)F)c1. The third-order valence-electron chi connectivity index (χ3n) is 5.22. The van der Waals surface area contributed by atoms with E-state index in [2.05, 4.69) is 40.7 Å². The zero-order valence-electron chi connectivity index (χ0n) is 18.6. The number of carbonyl (C=O) groups is 1. The Labute approximate surface area is 199 Å². The van der Waals surface area contributed by atoms with Gasteiger partial charge in [-0.1, -0.05) is 23.5 Å². The van der Waals surface area contributed by atoms with E-state index in [-0.39, 0.29) is 17.7 Å². The summed E-state index contributed by atoms with van der Waals surface area (Å²) in [5.41, 5.74) is 0.513. The monoisotopic (exact) mass is 490 g/mol. The Morgan fingerprint density at radius 2 is 2.03 bits per heavy atom. The van der Waals surface area contributed by atoms with Crippen LogP contribution in [0.25, 0.3) is 0 Å². The molecule has 0 unspecified atom stereocenters. The number of anilines is 3. The minimum absolute atomic E-state index is 0.0124. The summed E-state index contributed by atoms with van der Waals surface area (Å²) in [5, 5.41) is 23.3. The van der Waals surface area contributed by atoms with Crippen molar-refractivity contribution in [2.45, 2.75) is 25.1 Å². The Balaban J connectivity index is 1.37. The zero-order valence-corrected chi connectivity index (χ0v) is 19.4. The predicted molar refractivity (Wildman–Crippen MR) is 124 cm³/mol. The van der Waals surface area contributed by atoms with Crippen molar-refractivity contribution in [3.05, 3.63) is 48.2 Å². The van der Waals surface area contributed by atoms with Crippen LogP contribution in [0.15, 0.2) is 42.6 Å². The Kier molecular flexibility index (Phi) is 7.43. The number of nitrogens with one attached hydrogen (secondary N) is 2. The third-order valence-corrected chi connectivity index (χ3v) is 5.99. The molecule has 0 aliphatic carbocycles. The first-order valence-electron chi connectivity index (χ1n) is 10.5. The number of ether oxygens (including phenoxy) is 1. The van der Waals surface area contributed by atoms with Crippen molar-refractivity contribution in [2.75, 3.05) is 42.7 Å². The summed E-state index contributed by atoms with van der Waals surface area (Å²) in [6.45, 7) is -1.35. The zero-order chi connectivity index (χ0) is 24.1. The molecule has 3 aromatic rings. The summed E-state index contributed by atoms with van der Waals surface area (Å²) in [6, 6.07) is 9.27. The van der Waals surface area contributed by atoms with Gasteiger partial charge in [0.05, 0.1) is 0 Å². The summed E-state index contributed by atoms with van der Waals surface area (Å²) in [4.78, 5) is 16.8. The Hall–Kier alpha value is -3.45. The lowest BCUT2D eigenvalue weighted by Gasteiger charge is -2.23. The van der Waals surface area contributed by atoms with E-state index >= 15 is 0 Å². The van der Waals surface area contributed by atoms with Gasteiger partial charge in [-0.15, -0.1) is 15.3 Å². The molecular formula is C21H24F2N8O2S. The molecule has 0 radical (unpaired) electrons. The molecule has 180 valence electrons. The maximum absolute atomic E-state index is 13.0. The number of amides is 1. The second kappa shape index (κ2) is 10.7. The first-order valence-corrected chi connectivity index (χ1v) is 11.4. The number of rotatable bonds is 9. The van der Waals surface area contributed by atoms with Crippen molar-refractivity contribution in [3.63, 3.8) is 0 Å². The van der Waals surface area contributed by atoms with Gasteiger partial charge in [0, 0.05) is 25.3 Å². The summed E-state index contributed by atoms with van der Waals surface area (Å²) in [5.74, 6) is 0.452. The van der Waals surface area contributed by atoms with Crippen LogP contribution in [0, 0.1) is 0 Å². The number of halogens is 2. The number of carbonyl (C=O) groups excluding carboxylic acids is 1. The third kappa shape index (κ3) is 5.91. The molecule has 1 fully saturated rings. The van der Waals surface area contributed by atoms with Crippen LogP contribution in [-0.4, -0.2) is 71.0 Å². The van der Waals surface area contributed by atoms with Gasteiger partial charge in [0.1, 0.15) is 11.8 Å². The van der Waals surface area contributed by atoms with Crippen LogP contribution in [0.2, 0.25) is 0 Å². The number of hydrogen-bond donors (Lipinski definition) is 2. The number of aromatic nitrogens is 4. The minimum atomic E-state index is -2.94. The van der Waals surface area contributed by atoms with Crippen molar-refractivity contribution in [3.8, 4) is 5.75 Å². The maximum atomic E-state index is 13.0. The summed E-state index contributed by atoms with van der Waals surface area (Å²) >= 11 is 1.23. The maximum Gasteiger partial charge on any atom is 0.387 e. The van der Waals surface area contributed by atoms with Crippen LogP contribution < -0.4 is 20.3 Å². The average Bonchev–Trinajstić information content (AvgIpc) is 3.44. The fourth-order valence-electron chi connectivity index (χ4n) is 3.77. The topological polar surface area (TPSA) is 108 Å². The molecule has 0 bridgehead atoms. The molecule has 2 N–H and O–H groups in total. The van der Waals surface area contributed by atoms with Gasteiger partial charge in [-0.25, -0.2) is 0 Å². The number of hydrogen-bond acceptors (Lipinski definition) is 10. The van der Waals surface area contributed by atoms with E-state index in [9.17, 15) is 13.6 Å². The second-order valence-electron chi connectivity index (χ2n) is 7.88. The molecule has 34 heavy (non-hydrogen) atoms. The molecule has 1 aliphatic heterocycles. The molecule has 1 saturated heterocycles. The average molecular weight is 491 g/mol. The van der Waals surface area contributed by atoms with Gasteiger partial charge in [0.2, 0.25) is 16.2 Å². The quantitative estimate of drug-likeness (QED) is 0.468. The summed E-state index contributed by atoms with van der Waals surface area (Å²) in [6.07, 6.45) is 2.54. The van der Waals surface area contributed by atoms with E-state index in [4.69, 9.17) is 0 Å². The van der Waals surface area contributed by atoms with Gasteiger partial charge in [0.25, 0.3) is 0 Å². The van der Waals surface area contributed by atoms with Crippen LogP contribution >= 0.6 is 11.3 Å². The van der Waals surface area contributed by atoms with Crippen molar-refractivity contribution in [1.82, 2.24) is 25.3 Å². The number of benzene rings is 1. The van der Waals surface area contributed by atoms with Gasteiger partial charge in [-0.3, -0.25) is 15.0 Å². The lowest BCUT2D eigenvalue weighted by atomic mass is 10.0. The molecular weight excluding hydrogens is 466 g/mol. The highest BCUT2D eigenvalue weighted by Crippen LogP contribution is 2.28. The van der Waals surface area contributed by atoms with Gasteiger partial charge in [0.15, 0.2) is 5.82 Å². The fourth-order valence-corrected chi connectivity index (χ4v) is 4.50. The molecule has 1 aliphatic rings. The normalized spacial score (nSPS) is 16.6. The highest BCUT2D eigenvalue weighted by atomic mass is 32.1. The first-order chi connectivity index (χ1) is 16.4. The summed E-state index contributed by atoms with van der Waals surface area (Å²) in [7, 11) is 3.45.